The van der Waals surface area contributed by atoms with Crippen LogP contribution >= 0.6 is 11.3 Å². The Bertz CT molecular complexity index is 1120. The summed E-state index contributed by atoms with van der Waals surface area (Å²) in [6.45, 7) is -0.563. The molecule has 1 unspecified atom stereocenters. The van der Waals surface area contributed by atoms with Gasteiger partial charge in [0.1, 0.15) is 33.5 Å². The quantitative estimate of drug-likeness (QED) is 0.278. The number of carbonyl (C=O) groups excluding carboxylic acids is 1. The summed E-state index contributed by atoms with van der Waals surface area (Å²) in [5.41, 5.74) is 5.55. The number of alkyl halides is 2. The summed E-state index contributed by atoms with van der Waals surface area (Å²) in [5, 5.41) is 13.1. The smallest absolute Gasteiger partial charge is 0.277 e. The van der Waals surface area contributed by atoms with Gasteiger partial charge in [0.15, 0.2) is 5.69 Å². The Morgan fingerprint density at radius 1 is 1.41 bits per heavy atom. The number of halogens is 4. The number of amides is 1. The highest BCUT2D eigenvalue weighted by atomic mass is 32.1. The van der Waals surface area contributed by atoms with E-state index < -0.39 is 42.6 Å². The first-order valence-electron chi connectivity index (χ1n) is 10.6. The van der Waals surface area contributed by atoms with Crippen molar-refractivity contribution in [3.63, 3.8) is 0 Å². The number of nitrogens with one attached hydrogen (secondary N) is 3. The van der Waals surface area contributed by atoms with Crippen LogP contribution in [0.5, 0.6) is 0 Å². The number of nitrogens with two attached hydrogens (primary N) is 1. The van der Waals surface area contributed by atoms with Crippen LogP contribution < -0.4 is 16.4 Å². The molecule has 1 aromatic carbocycles. The average molecular weight is 498 g/mol. The monoisotopic (exact) mass is 497 g/mol. The number of nitrogens with zero attached hydrogens (tertiary/aromatic N) is 3. The molecule has 1 aliphatic carbocycles. The number of rotatable bonds is 6. The van der Waals surface area contributed by atoms with E-state index in [1.165, 1.54) is 4.90 Å². The van der Waals surface area contributed by atoms with Gasteiger partial charge in [0, 0.05) is 24.9 Å². The number of anilines is 1. The number of aliphatic imine (C=N–C) groups is 1. The minimum absolute atomic E-state index is 0.0103. The molecule has 8 nitrogen and oxygen atoms in total. The third kappa shape index (κ3) is 5.53. The second-order valence-electron chi connectivity index (χ2n) is 8.15. The molecule has 1 aromatic heterocycles. The van der Waals surface area contributed by atoms with Gasteiger partial charge in [-0.25, -0.2) is 22.5 Å². The largest absolute Gasteiger partial charge is 0.389 e. The maximum atomic E-state index is 14.2. The summed E-state index contributed by atoms with van der Waals surface area (Å²) >= 11 is 0.807. The van der Waals surface area contributed by atoms with Gasteiger partial charge >= 0.3 is 0 Å². The van der Waals surface area contributed by atoms with Gasteiger partial charge in [0.25, 0.3) is 11.8 Å². The van der Waals surface area contributed by atoms with Crippen molar-refractivity contribution in [2.45, 2.75) is 30.8 Å². The fourth-order valence-corrected chi connectivity index (χ4v) is 4.35. The van der Waals surface area contributed by atoms with Crippen LogP contribution in [-0.2, 0) is 0 Å². The van der Waals surface area contributed by atoms with Gasteiger partial charge < -0.3 is 26.7 Å². The maximum Gasteiger partial charge on any atom is 0.277 e. The molecule has 182 valence electrons. The Morgan fingerprint density at radius 2 is 2.18 bits per heavy atom. The molecule has 2 aromatic rings. The zero-order valence-electron chi connectivity index (χ0n) is 18.0. The second kappa shape index (κ2) is 9.66. The number of carbonyl (C=O) groups is 1. The predicted molar refractivity (Wildman–Crippen MR) is 122 cm³/mol. The first kappa shape index (κ1) is 24.1. The van der Waals surface area contributed by atoms with Gasteiger partial charge in [-0.2, -0.15) is 0 Å². The molecule has 13 heteroatoms. The molecular formula is C21H23F4N7OS. The molecule has 1 saturated carbocycles. The Labute approximate surface area is 196 Å². The Morgan fingerprint density at radius 3 is 2.88 bits per heavy atom. The Kier molecular flexibility index (Phi) is 6.84. The van der Waals surface area contributed by atoms with Crippen molar-refractivity contribution in [3.8, 4) is 10.6 Å². The molecule has 1 atom stereocenters. The lowest BCUT2D eigenvalue weighted by Crippen LogP contribution is -2.52. The first-order valence-corrected chi connectivity index (χ1v) is 11.4. The van der Waals surface area contributed by atoms with Gasteiger partial charge in [0.05, 0.1) is 19.1 Å². The highest BCUT2D eigenvalue weighted by molar-refractivity contribution is 7.19. The molecule has 2 aliphatic rings. The van der Waals surface area contributed by atoms with Gasteiger partial charge in [0.2, 0.25) is 0 Å². The van der Waals surface area contributed by atoms with E-state index in [0.717, 1.165) is 48.6 Å². The van der Waals surface area contributed by atoms with Crippen molar-refractivity contribution >= 4 is 34.3 Å². The molecule has 1 amide bonds. The summed E-state index contributed by atoms with van der Waals surface area (Å²) in [5.74, 6) is -5.03. The van der Waals surface area contributed by atoms with Crippen LogP contribution in [0, 0.1) is 17.0 Å². The molecule has 0 radical (unpaired) electrons. The number of hydrogen-bond donors (Lipinski definition) is 4. The van der Waals surface area contributed by atoms with E-state index in [1.807, 2.05) is 0 Å². The van der Waals surface area contributed by atoms with Crippen LogP contribution in [0.3, 0.4) is 0 Å². The summed E-state index contributed by atoms with van der Waals surface area (Å²) in [6.07, 6.45) is 2.50. The molecule has 0 bridgehead atoms. The van der Waals surface area contributed by atoms with Crippen LogP contribution in [0.25, 0.3) is 10.6 Å². The molecule has 4 rings (SSSR count). The molecule has 5 N–H and O–H groups in total. The molecule has 1 saturated heterocycles. The lowest BCUT2D eigenvalue weighted by atomic mass is 10.2. The van der Waals surface area contributed by atoms with Crippen LogP contribution in [0.1, 0.15) is 23.3 Å². The van der Waals surface area contributed by atoms with Crippen molar-refractivity contribution in [2.24, 2.45) is 4.99 Å². The maximum absolute atomic E-state index is 14.2. The number of nitrogen functional groups attached to an aromatic ring is 1. The zero-order chi connectivity index (χ0) is 24.5. The van der Waals surface area contributed by atoms with Crippen LogP contribution in [0.2, 0.25) is 0 Å². The lowest BCUT2D eigenvalue weighted by molar-refractivity contribution is -0.00622. The summed E-state index contributed by atoms with van der Waals surface area (Å²) < 4.78 is 56.1. The minimum atomic E-state index is -3.01. The Hall–Kier alpha value is -3.06. The highest BCUT2D eigenvalue weighted by Gasteiger charge is 2.37. The van der Waals surface area contributed by atoms with E-state index in [-0.39, 0.29) is 39.7 Å². The summed E-state index contributed by atoms with van der Waals surface area (Å²) in [7, 11) is 0. The van der Waals surface area contributed by atoms with Crippen LogP contribution in [0.15, 0.2) is 23.2 Å². The lowest BCUT2D eigenvalue weighted by Gasteiger charge is -2.30. The van der Waals surface area contributed by atoms with Gasteiger partial charge in [-0.15, -0.1) is 0 Å². The fourth-order valence-electron chi connectivity index (χ4n) is 3.51. The predicted octanol–water partition coefficient (Wildman–Crippen LogP) is 2.52. The molecule has 0 spiro atoms. The molecule has 1 aliphatic heterocycles. The van der Waals surface area contributed by atoms with Crippen molar-refractivity contribution < 1.29 is 22.4 Å². The topological polar surface area (TPSA) is 119 Å². The number of benzene rings is 1. The number of aromatic nitrogens is 1. The SMILES string of the molecule is N=CC(NC(=O)c1nc(-c2cc(F)ccc2F)sc1N)C(=NC1CC1)N1CCNCC(F)(F)C1. The number of amidine groups is 1. The van der Waals surface area contributed by atoms with E-state index in [2.05, 4.69) is 20.6 Å². The first-order chi connectivity index (χ1) is 16.2. The number of hydrogen-bond acceptors (Lipinski definition) is 7. The molecule has 34 heavy (non-hydrogen) atoms. The highest BCUT2D eigenvalue weighted by Crippen LogP contribution is 2.32. The number of thiazole rings is 1. The minimum Gasteiger partial charge on any atom is -0.389 e. The standard InChI is InChI=1S/C21H23F4N7OS/c22-11-1-4-14(23)13(7-11)20-31-16(17(27)34-20)19(33)30-15(8-26)18(29-12-2-3-12)32-6-5-28-9-21(24,25)10-32/h1,4,7-8,12,15,26,28H,2-3,5-6,9-10,27H2,(H,30,33). The molecular weight excluding hydrogens is 474 g/mol. The van der Waals surface area contributed by atoms with Gasteiger partial charge in [-0.3, -0.25) is 9.79 Å². The second-order valence-corrected chi connectivity index (χ2v) is 9.18. The van der Waals surface area contributed by atoms with Crippen molar-refractivity contribution in [1.29, 1.82) is 5.41 Å². The van der Waals surface area contributed by atoms with Crippen LogP contribution in [0.4, 0.5) is 22.6 Å². The van der Waals surface area contributed by atoms with Gasteiger partial charge in [-0.05, 0) is 31.0 Å². The molecule has 2 heterocycles. The molecule has 2 fully saturated rings. The third-order valence-electron chi connectivity index (χ3n) is 5.31. The van der Waals surface area contributed by atoms with Crippen molar-refractivity contribution in [2.75, 3.05) is 31.9 Å². The van der Waals surface area contributed by atoms with Crippen molar-refractivity contribution in [3.05, 3.63) is 35.5 Å². The zero-order valence-corrected chi connectivity index (χ0v) is 18.8. The van der Waals surface area contributed by atoms with E-state index in [0.29, 0.717) is 6.54 Å². The summed E-state index contributed by atoms with van der Waals surface area (Å²) in [6, 6.07) is 1.70. The van der Waals surface area contributed by atoms with E-state index in [1.54, 1.807) is 0 Å². The van der Waals surface area contributed by atoms with E-state index in [9.17, 15) is 22.4 Å². The van der Waals surface area contributed by atoms with Crippen LogP contribution in [-0.4, -0.2) is 72.0 Å². The fraction of sp³-hybridized carbons (Fsp3) is 0.429. The third-order valence-corrected chi connectivity index (χ3v) is 6.23. The van der Waals surface area contributed by atoms with Gasteiger partial charge in [-0.1, -0.05) is 11.3 Å². The summed E-state index contributed by atoms with van der Waals surface area (Å²) in [4.78, 5) is 22.9. The van der Waals surface area contributed by atoms with Crippen molar-refractivity contribution in [1.82, 2.24) is 20.5 Å². The average Bonchev–Trinajstić information content (AvgIpc) is 3.55. The van der Waals surface area contributed by atoms with E-state index >= 15 is 0 Å². The van der Waals surface area contributed by atoms with E-state index in [4.69, 9.17) is 11.1 Å². The Balaban J connectivity index is 1.58. The normalized spacial score (nSPS) is 19.4.